The molecule has 1 heterocycles. The lowest BCUT2D eigenvalue weighted by Gasteiger charge is -2.09. The van der Waals surface area contributed by atoms with Crippen LogP contribution < -0.4 is 4.74 Å². The molecule has 3 nitrogen and oxygen atoms in total. The number of hydrogen-bond acceptors (Lipinski definition) is 3. The maximum Gasteiger partial charge on any atom is 0.209 e. The minimum atomic E-state index is 0.0171. The molecular weight excluding hydrogens is 262 g/mol. The second-order valence-corrected chi connectivity index (χ2v) is 4.77. The SMILES string of the molecule is COc1ccccc1C=CC1=NCC(c2ccccc2)O1. The van der Waals surface area contributed by atoms with Crippen LogP contribution in [0.4, 0.5) is 0 Å². The number of rotatable bonds is 4. The quantitative estimate of drug-likeness (QED) is 0.850. The molecule has 1 aliphatic heterocycles. The van der Waals surface area contributed by atoms with Gasteiger partial charge in [-0.1, -0.05) is 48.5 Å². The molecule has 0 saturated heterocycles. The molecule has 2 aromatic rings. The van der Waals surface area contributed by atoms with E-state index in [-0.39, 0.29) is 6.10 Å². The number of hydrogen-bond donors (Lipinski definition) is 0. The number of methoxy groups -OCH3 is 1. The third kappa shape index (κ3) is 3.14. The van der Waals surface area contributed by atoms with Gasteiger partial charge in [0, 0.05) is 11.6 Å². The highest BCUT2D eigenvalue weighted by Crippen LogP contribution is 2.24. The summed E-state index contributed by atoms with van der Waals surface area (Å²) in [5, 5.41) is 0. The summed E-state index contributed by atoms with van der Waals surface area (Å²) in [5.74, 6) is 1.50. The van der Waals surface area contributed by atoms with Gasteiger partial charge in [-0.3, -0.25) is 0 Å². The van der Waals surface area contributed by atoms with E-state index in [2.05, 4.69) is 17.1 Å². The molecule has 21 heavy (non-hydrogen) atoms. The smallest absolute Gasteiger partial charge is 0.209 e. The van der Waals surface area contributed by atoms with Crippen LogP contribution in [0, 0.1) is 0 Å². The Kier molecular flexibility index (Phi) is 4.01. The molecule has 0 bridgehead atoms. The van der Waals surface area contributed by atoms with Crippen LogP contribution >= 0.6 is 0 Å². The van der Waals surface area contributed by atoms with Gasteiger partial charge in [0.25, 0.3) is 0 Å². The first-order chi connectivity index (χ1) is 10.4. The van der Waals surface area contributed by atoms with Crippen molar-refractivity contribution in [3.05, 3.63) is 71.8 Å². The van der Waals surface area contributed by atoms with Crippen molar-refractivity contribution in [2.24, 2.45) is 4.99 Å². The zero-order chi connectivity index (χ0) is 14.5. The summed E-state index contributed by atoms with van der Waals surface area (Å²) in [6.45, 7) is 0.662. The van der Waals surface area contributed by atoms with E-state index in [1.54, 1.807) is 7.11 Å². The van der Waals surface area contributed by atoms with Crippen molar-refractivity contribution >= 4 is 12.0 Å². The Hall–Kier alpha value is -2.55. The molecule has 0 saturated carbocycles. The topological polar surface area (TPSA) is 30.8 Å². The molecular formula is C18H17NO2. The number of ether oxygens (including phenoxy) is 2. The molecule has 0 aliphatic carbocycles. The number of benzene rings is 2. The van der Waals surface area contributed by atoms with Gasteiger partial charge < -0.3 is 9.47 Å². The van der Waals surface area contributed by atoms with Gasteiger partial charge in [0.1, 0.15) is 11.9 Å². The third-order valence-electron chi connectivity index (χ3n) is 3.39. The maximum absolute atomic E-state index is 5.87. The predicted octanol–water partition coefficient (Wildman–Crippen LogP) is 3.88. The van der Waals surface area contributed by atoms with Crippen LogP contribution in [0.1, 0.15) is 17.2 Å². The number of nitrogens with zero attached hydrogens (tertiary/aromatic N) is 1. The molecule has 0 N–H and O–H groups in total. The van der Waals surface area contributed by atoms with Gasteiger partial charge in [-0.15, -0.1) is 0 Å². The van der Waals surface area contributed by atoms with Crippen molar-refractivity contribution in [2.45, 2.75) is 6.10 Å². The lowest BCUT2D eigenvalue weighted by molar-refractivity contribution is 0.231. The molecule has 0 spiro atoms. The van der Waals surface area contributed by atoms with Crippen molar-refractivity contribution in [3.8, 4) is 5.75 Å². The highest BCUT2D eigenvalue weighted by Gasteiger charge is 2.19. The van der Waals surface area contributed by atoms with Crippen molar-refractivity contribution in [1.82, 2.24) is 0 Å². The van der Waals surface area contributed by atoms with Gasteiger partial charge in [0.15, 0.2) is 0 Å². The third-order valence-corrected chi connectivity index (χ3v) is 3.39. The second-order valence-electron chi connectivity index (χ2n) is 4.77. The first-order valence-electron chi connectivity index (χ1n) is 6.94. The molecule has 0 fully saturated rings. The Morgan fingerprint density at radius 2 is 1.81 bits per heavy atom. The minimum Gasteiger partial charge on any atom is -0.496 e. The van der Waals surface area contributed by atoms with Gasteiger partial charge in [0.2, 0.25) is 5.90 Å². The molecule has 106 valence electrons. The molecule has 0 radical (unpaired) electrons. The van der Waals surface area contributed by atoms with Crippen molar-refractivity contribution < 1.29 is 9.47 Å². The summed E-state index contributed by atoms with van der Waals surface area (Å²) in [5.41, 5.74) is 2.16. The Morgan fingerprint density at radius 3 is 2.62 bits per heavy atom. The molecule has 1 aliphatic rings. The summed E-state index contributed by atoms with van der Waals surface area (Å²) in [6, 6.07) is 18.0. The van der Waals surface area contributed by atoms with E-state index in [9.17, 15) is 0 Å². The van der Waals surface area contributed by atoms with Crippen LogP contribution in [0.15, 0.2) is 65.7 Å². The van der Waals surface area contributed by atoms with Crippen LogP contribution in [-0.4, -0.2) is 19.6 Å². The Bertz CT molecular complexity index is 662. The van der Waals surface area contributed by atoms with E-state index in [4.69, 9.17) is 9.47 Å². The molecule has 1 atom stereocenters. The van der Waals surface area contributed by atoms with E-state index < -0.39 is 0 Å². The van der Waals surface area contributed by atoms with Crippen molar-refractivity contribution in [2.75, 3.05) is 13.7 Å². The maximum atomic E-state index is 5.87. The molecule has 3 heteroatoms. The Morgan fingerprint density at radius 1 is 1.05 bits per heavy atom. The molecule has 3 rings (SSSR count). The van der Waals surface area contributed by atoms with Crippen LogP contribution in [0.2, 0.25) is 0 Å². The van der Waals surface area contributed by atoms with E-state index >= 15 is 0 Å². The van der Waals surface area contributed by atoms with Gasteiger partial charge >= 0.3 is 0 Å². The first-order valence-corrected chi connectivity index (χ1v) is 6.94. The lowest BCUT2D eigenvalue weighted by atomic mass is 10.1. The monoisotopic (exact) mass is 279 g/mol. The van der Waals surface area contributed by atoms with Gasteiger partial charge in [-0.2, -0.15) is 0 Å². The second kappa shape index (κ2) is 6.27. The zero-order valence-corrected chi connectivity index (χ0v) is 11.9. The standard InChI is InChI=1S/C18H17NO2/c1-20-16-10-6-5-9-15(16)11-12-18-19-13-17(21-18)14-7-3-2-4-8-14/h2-12,17H,13H2,1H3. The fourth-order valence-corrected chi connectivity index (χ4v) is 2.29. The van der Waals surface area contributed by atoms with E-state index in [1.807, 2.05) is 54.6 Å². The van der Waals surface area contributed by atoms with Crippen LogP contribution in [0.3, 0.4) is 0 Å². The summed E-state index contributed by atoms with van der Waals surface area (Å²) in [6.07, 6.45) is 3.87. The average Bonchev–Trinajstić information content (AvgIpc) is 3.03. The zero-order valence-electron chi connectivity index (χ0n) is 11.9. The number of para-hydroxylation sites is 1. The van der Waals surface area contributed by atoms with Gasteiger partial charge in [0.05, 0.1) is 13.7 Å². The normalized spacial score (nSPS) is 17.6. The van der Waals surface area contributed by atoms with E-state index in [0.29, 0.717) is 12.4 Å². The predicted molar refractivity (Wildman–Crippen MR) is 84.6 cm³/mol. The van der Waals surface area contributed by atoms with Crippen LogP contribution in [-0.2, 0) is 4.74 Å². The highest BCUT2D eigenvalue weighted by atomic mass is 16.5. The molecule has 0 amide bonds. The van der Waals surface area contributed by atoms with Crippen LogP contribution in [0.5, 0.6) is 5.75 Å². The van der Waals surface area contributed by atoms with E-state index in [1.165, 1.54) is 0 Å². The first kappa shape index (κ1) is 13.4. The Labute approximate surface area is 124 Å². The summed E-state index contributed by atoms with van der Waals surface area (Å²) in [4.78, 5) is 4.43. The summed E-state index contributed by atoms with van der Waals surface area (Å²) >= 11 is 0. The fourth-order valence-electron chi connectivity index (χ4n) is 2.29. The average molecular weight is 279 g/mol. The molecule has 2 aromatic carbocycles. The van der Waals surface area contributed by atoms with Gasteiger partial charge in [-0.05, 0) is 17.7 Å². The largest absolute Gasteiger partial charge is 0.496 e. The molecule has 1 unspecified atom stereocenters. The van der Waals surface area contributed by atoms with Crippen molar-refractivity contribution in [1.29, 1.82) is 0 Å². The molecule has 0 aromatic heterocycles. The van der Waals surface area contributed by atoms with Gasteiger partial charge in [-0.25, -0.2) is 4.99 Å². The summed E-state index contributed by atoms with van der Waals surface area (Å²) in [7, 11) is 1.67. The lowest BCUT2D eigenvalue weighted by Crippen LogP contribution is -2.03. The van der Waals surface area contributed by atoms with Crippen molar-refractivity contribution in [3.63, 3.8) is 0 Å². The highest BCUT2D eigenvalue weighted by molar-refractivity contribution is 5.93. The Balaban J connectivity index is 1.68. The minimum absolute atomic E-state index is 0.0171. The number of aliphatic imine (C=N–C) groups is 1. The summed E-state index contributed by atoms with van der Waals surface area (Å²) < 4.78 is 11.2. The van der Waals surface area contributed by atoms with Crippen LogP contribution in [0.25, 0.3) is 6.08 Å². The fraction of sp³-hybridized carbons (Fsp3) is 0.167. The van der Waals surface area contributed by atoms with E-state index in [0.717, 1.165) is 16.9 Å².